The summed E-state index contributed by atoms with van der Waals surface area (Å²) in [7, 11) is 2.09. The van der Waals surface area contributed by atoms with Gasteiger partial charge in [0.1, 0.15) is 0 Å². The van der Waals surface area contributed by atoms with Crippen LogP contribution in [0.1, 0.15) is 58.9 Å². The molecule has 1 N–H and O–H groups in total. The summed E-state index contributed by atoms with van der Waals surface area (Å²) in [5.41, 5.74) is 4.27. The number of rotatable bonds is 5. The zero-order valence-electron chi connectivity index (χ0n) is 16.3. The monoisotopic (exact) mass is 353 g/mol. The number of benzene rings is 1. The summed E-state index contributed by atoms with van der Waals surface area (Å²) in [6.45, 7) is 6.92. The first-order valence-electron chi connectivity index (χ1n) is 9.77. The Balaban J connectivity index is 1.75. The van der Waals surface area contributed by atoms with Crippen molar-refractivity contribution in [2.24, 2.45) is 7.05 Å². The van der Waals surface area contributed by atoms with E-state index in [0.29, 0.717) is 6.54 Å². The molecule has 1 saturated heterocycles. The highest BCUT2D eigenvalue weighted by molar-refractivity contribution is 5.95. The molecule has 3 rings (SSSR count). The van der Waals surface area contributed by atoms with E-state index in [4.69, 9.17) is 0 Å². The lowest BCUT2D eigenvalue weighted by atomic mass is 10.0. The van der Waals surface area contributed by atoms with Crippen LogP contribution in [-0.2, 0) is 7.05 Å². The molecule has 2 aromatic rings. The molecular weight excluding hydrogens is 322 g/mol. The Morgan fingerprint density at radius 2 is 1.85 bits per heavy atom. The quantitative estimate of drug-likeness (QED) is 0.882. The van der Waals surface area contributed by atoms with Crippen molar-refractivity contribution in [1.29, 1.82) is 0 Å². The molecule has 1 aromatic heterocycles. The molecule has 1 fully saturated rings. The number of nitrogens with zero attached hydrogens (tertiary/aromatic N) is 2. The van der Waals surface area contributed by atoms with Crippen molar-refractivity contribution < 1.29 is 4.79 Å². The van der Waals surface area contributed by atoms with Crippen molar-refractivity contribution in [2.45, 2.75) is 45.6 Å². The van der Waals surface area contributed by atoms with Gasteiger partial charge in [-0.25, -0.2) is 0 Å². The van der Waals surface area contributed by atoms with Gasteiger partial charge >= 0.3 is 0 Å². The summed E-state index contributed by atoms with van der Waals surface area (Å²) in [4.78, 5) is 15.3. The molecule has 2 heterocycles. The normalized spacial score (nSPS) is 16.9. The molecular formula is C22H31N3O. The van der Waals surface area contributed by atoms with Gasteiger partial charge in [-0.15, -0.1) is 0 Å². The topological polar surface area (TPSA) is 37.3 Å². The van der Waals surface area contributed by atoms with E-state index < -0.39 is 0 Å². The van der Waals surface area contributed by atoms with Crippen LogP contribution in [0.25, 0.3) is 0 Å². The Bertz CT molecular complexity index is 742. The minimum absolute atomic E-state index is 0.0246. The molecule has 1 aliphatic rings. The van der Waals surface area contributed by atoms with Gasteiger partial charge in [-0.2, -0.15) is 0 Å². The van der Waals surface area contributed by atoms with Crippen molar-refractivity contribution in [3.8, 4) is 0 Å². The van der Waals surface area contributed by atoms with Gasteiger partial charge in [0.05, 0.1) is 6.04 Å². The molecule has 0 spiro atoms. The molecule has 140 valence electrons. The second-order valence-corrected chi connectivity index (χ2v) is 7.54. The third-order valence-electron chi connectivity index (χ3n) is 5.49. The van der Waals surface area contributed by atoms with Gasteiger partial charge in [0.15, 0.2) is 0 Å². The highest BCUT2D eigenvalue weighted by atomic mass is 16.1. The largest absolute Gasteiger partial charge is 0.353 e. The molecule has 26 heavy (non-hydrogen) atoms. The van der Waals surface area contributed by atoms with Crippen molar-refractivity contribution in [2.75, 3.05) is 19.6 Å². The van der Waals surface area contributed by atoms with Crippen LogP contribution in [0.2, 0.25) is 0 Å². The average Bonchev–Trinajstić information content (AvgIpc) is 2.86. The van der Waals surface area contributed by atoms with Crippen LogP contribution in [0, 0.1) is 13.8 Å². The zero-order chi connectivity index (χ0) is 18.5. The first kappa shape index (κ1) is 18.7. The molecule has 1 atom stereocenters. The van der Waals surface area contributed by atoms with E-state index in [1.54, 1.807) is 0 Å². The third kappa shape index (κ3) is 4.36. The lowest BCUT2D eigenvalue weighted by molar-refractivity contribution is 0.0931. The molecule has 1 amide bonds. The van der Waals surface area contributed by atoms with E-state index in [0.717, 1.165) is 24.2 Å². The highest BCUT2D eigenvalue weighted by Gasteiger charge is 2.24. The number of aryl methyl sites for hydroxylation is 3. The first-order chi connectivity index (χ1) is 12.6. The first-order valence-corrected chi connectivity index (χ1v) is 9.77. The summed E-state index contributed by atoms with van der Waals surface area (Å²) in [5.74, 6) is 0.0246. The SMILES string of the molecule is Cc1ccc(C(=O)NCC(c2cccn2C)N2CCCCCC2)c(C)c1. The number of carbonyl (C=O) groups excluding carboxylic acids is 1. The average molecular weight is 354 g/mol. The molecule has 0 radical (unpaired) electrons. The van der Waals surface area contributed by atoms with Crippen LogP contribution in [0.5, 0.6) is 0 Å². The Hall–Kier alpha value is -2.07. The second-order valence-electron chi connectivity index (χ2n) is 7.54. The smallest absolute Gasteiger partial charge is 0.251 e. The summed E-state index contributed by atoms with van der Waals surface area (Å²) >= 11 is 0. The third-order valence-corrected chi connectivity index (χ3v) is 5.49. The summed E-state index contributed by atoms with van der Waals surface area (Å²) < 4.78 is 2.18. The van der Waals surface area contributed by atoms with Gasteiger partial charge in [-0.05, 0) is 63.5 Å². The van der Waals surface area contributed by atoms with Crippen LogP contribution < -0.4 is 5.32 Å². The van der Waals surface area contributed by atoms with Crippen LogP contribution in [0.3, 0.4) is 0 Å². The lowest BCUT2D eigenvalue weighted by Crippen LogP contribution is -2.39. The molecule has 1 unspecified atom stereocenters. The predicted molar refractivity (Wildman–Crippen MR) is 106 cm³/mol. The zero-order valence-corrected chi connectivity index (χ0v) is 16.3. The van der Waals surface area contributed by atoms with Crippen LogP contribution in [0.15, 0.2) is 36.5 Å². The summed E-state index contributed by atoms with van der Waals surface area (Å²) in [5, 5.41) is 3.20. The fourth-order valence-corrected chi connectivity index (χ4v) is 4.00. The van der Waals surface area contributed by atoms with Gasteiger partial charge in [0.2, 0.25) is 0 Å². The maximum absolute atomic E-state index is 12.8. The number of amides is 1. The Kier molecular flexibility index (Phi) is 6.15. The van der Waals surface area contributed by atoms with E-state index in [1.807, 2.05) is 19.1 Å². The molecule has 0 aliphatic carbocycles. The van der Waals surface area contributed by atoms with Gasteiger partial charge < -0.3 is 9.88 Å². The van der Waals surface area contributed by atoms with Crippen LogP contribution >= 0.6 is 0 Å². The van der Waals surface area contributed by atoms with E-state index in [1.165, 1.54) is 36.9 Å². The van der Waals surface area contributed by atoms with Crippen LogP contribution in [-0.4, -0.2) is 35.0 Å². The molecule has 4 nitrogen and oxygen atoms in total. The van der Waals surface area contributed by atoms with E-state index in [-0.39, 0.29) is 11.9 Å². The fraction of sp³-hybridized carbons (Fsp3) is 0.500. The lowest BCUT2D eigenvalue weighted by Gasteiger charge is -2.31. The summed E-state index contributed by atoms with van der Waals surface area (Å²) in [6, 6.07) is 10.5. The number of hydrogen-bond donors (Lipinski definition) is 1. The van der Waals surface area contributed by atoms with Crippen molar-refractivity contribution in [1.82, 2.24) is 14.8 Å². The second kappa shape index (κ2) is 8.54. The Morgan fingerprint density at radius 1 is 1.12 bits per heavy atom. The van der Waals surface area contributed by atoms with Crippen molar-refractivity contribution in [3.63, 3.8) is 0 Å². The Morgan fingerprint density at radius 3 is 2.46 bits per heavy atom. The van der Waals surface area contributed by atoms with Gasteiger partial charge in [0, 0.05) is 31.0 Å². The summed E-state index contributed by atoms with van der Waals surface area (Å²) in [6.07, 6.45) is 7.19. The van der Waals surface area contributed by atoms with Crippen LogP contribution in [0.4, 0.5) is 0 Å². The number of likely N-dealkylation sites (tertiary alicyclic amines) is 1. The highest BCUT2D eigenvalue weighted by Crippen LogP contribution is 2.24. The minimum atomic E-state index is 0.0246. The Labute approximate surface area is 157 Å². The number of hydrogen-bond acceptors (Lipinski definition) is 2. The molecule has 4 heteroatoms. The molecule has 1 aromatic carbocycles. The fourth-order valence-electron chi connectivity index (χ4n) is 4.00. The minimum Gasteiger partial charge on any atom is -0.353 e. The van der Waals surface area contributed by atoms with Gasteiger partial charge in [-0.1, -0.05) is 30.5 Å². The van der Waals surface area contributed by atoms with Crippen molar-refractivity contribution >= 4 is 5.91 Å². The number of nitrogens with one attached hydrogen (secondary N) is 1. The maximum Gasteiger partial charge on any atom is 0.251 e. The van der Waals surface area contributed by atoms with E-state index in [2.05, 4.69) is 53.2 Å². The van der Waals surface area contributed by atoms with E-state index >= 15 is 0 Å². The number of carbonyl (C=O) groups is 1. The van der Waals surface area contributed by atoms with E-state index in [9.17, 15) is 4.79 Å². The van der Waals surface area contributed by atoms with Gasteiger partial charge in [-0.3, -0.25) is 9.69 Å². The van der Waals surface area contributed by atoms with Crippen molar-refractivity contribution in [3.05, 3.63) is 58.9 Å². The molecule has 0 saturated carbocycles. The number of aromatic nitrogens is 1. The van der Waals surface area contributed by atoms with Gasteiger partial charge in [0.25, 0.3) is 5.91 Å². The predicted octanol–water partition coefficient (Wildman–Crippen LogP) is 3.99. The maximum atomic E-state index is 12.8. The standard InChI is InChI=1S/C22H31N3O/c1-17-10-11-19(18(2)15-17)22(26)23-16-21(20-9-8-12-24(20)3)25-13-6-4-5-7-14-25/h8-12,15,21H,4-7,13-14,16H2,1-3H3,(H,23,26). The molecule has 0 bridgehead atoms. The molecule has 1 aliphatic heterocycles.